The van der Waals surface area contributed by atoms with Crippen LogP contribution in [0.25, 0.3) is 0 Å². The minimum Gasteiger partial charge on any atom is -0.355 e. The maximum absolute atomic E-state index is 11.5. The zero-order valence-electron chi connectivity index (χ0n) is 13.0. The third-order valence-corrected chi connectivity index (χ3v) is 3.44. The van der Waals surface area contributed by atoms with E-state index >= 15 is 0 Å². The van der Waals surface area contributed by atoms with E-state index in [4.69, 9.17) is 0 Å². The van der Waals surface area contributed by atoms with Gasteiger partial charge in [0.25, 0.3) is 0 Å². The van der Waals surface area contributed by atoms with Gasteiger partial charge >= 0.3 is 0 Å². The zero-order chi connectivity index (χ0) is 14.8. The molecule has 0 aliphatic carbocycles. The number of carbonyl (C=O) groups excluding carboxylic acids is 1. The fourth-order valence-electron chi connectivity index (χ4n) is 2.04. The van der Waals surface area contributed by atoms with Gasteiger partial charge < -0.3 is 10.6 Å². The van der Waals surface area contributed by atoms with Gasteiger partial charge in [0.2, 0.25) is 5.91 Å². The first-order valence-corrected chi connectivity index (χ1v) is 7.76. The highest BCUT2D eigenvalue weighted by Gasteiger charge is 2.07. The molecule has 0 aliphatic rings. The fraction of sp³-hybridized carbons (Fsp3) is 0.588. The Labute approximate surface area is 123 Å². The van der Waals surface area contributed by atoms with Gasteiger partial charge in [-0.15, -0.1) is 0 Å². The molecular formula is C17H28N2O. The van der Waals surface area contributed by atoms with Crippen molar-refractivity contribution < 1.29 is 4.79 Å². The molecule has 0 saturated carbocycles. The number of amides is 1. The molecule has 0 radical (unpaired) electrons. The Kier molecular flexibility index (Phi) is 7.97. The SMILES string of the molecule is CCCCc1ccc(C(C)NCC(=O)NCCC)cc1. The Balaban J connectivity index is 2.39. The molecule has 3 heteroatoms. The summed E-state index contributed by atoms with van der Waals surface area (Å²) in [5, 5.41) is 6.13. The van der Waals surface area contributed by atoms with Crippen molar-refractivity contribution >= 4 is 5.91 Å². The second-order valence-corrected chi connectivity index (χ2v) is 5.30. The van der Waals surface area contributed by atoms with Crippen LogP contribution in [0.4, 0.5) is 0 Å². The van der Waals surface area contributed by atoms with E-state index in [2.05, 4.69) is 55.7 Å². The van der Waals surface area contributed by atoms with Gasteiger partial charge in [-0.1, -0.05) is 44.5 Å². The Morgan fingerprint density at radius 2 is 1.85 bits per heavy atom. The van der Waals surface area contributed by atoms with Crippen LogP contribution in [0.1, 0.15) is 57.2 Å². The molecule has 1 aromatic carbocycles. The summed E-state index contributed by atoms with van der Waals surface area (Å²) >= 11 is 0. The van der Waals surface area contributed by atoms with E-state index in [1.807, 2.05) is 0 Å². The predicted octanol–water partition coefficient (Wildman–Crippen LogP) is 3.21. The zero-order valence-corrected chi connectivity index (χ0v) is 13.0. The van der Waals surface area contributed by atoms with Crippen LogP contribution in [0.5, 0.6) is 0 Å². The van der Waals surface area contributed by atoms with Gasteiger partial charge in [0.1, 0.15) is 0 Å². The van der Waals surface area contributed by atoms with Crippen molar-refractivity contribution in [2.75, 3.05) is 13.1 Å². The number of rotatable bonds is 9. The van der Waals surface area contributed by atoms with Crippen molar-refractivity contribution in [1.82, 2.24) is 10.6 Å². The lowest BCUT2D eigenvalue weighted by atomic mass is 10.0. The van der Waals surface area contributed by atoms with Crippen LogP contribution >= 0.6 is 0 Å². The summed E-state index contributed by atoms with van der Waals surface area (Å²) in [6.07, 6.45) is 4.59. The minimum absolute atomic E-state index is 0.0678. The molecule has 1 aromatic rings. The summed E-state index contributed by atoms with van der Waals surface area (Å²) in [4.78, 5) is 11.5. The second-order valence-electron chi connectivity index (χ2n) is 5.30. The van der Waals surface area contributed by atoms with Crippen molar-refractivity contribution in [2.45, 2.75) is 52.5 Å². The molecule has 1 unspecified atom stereocenters. The van der Waals surface area contributed by atoms with Gasteiger partial charge in [-0.05, 0) is 37.3 Å². The number of aryl methyl sites for hydroxylation is 1. The van der Waals surface area contributed by atoms with Crippen molar-refractivity contribution in [3.05, 3.63) is 35.4 Å². The predicted molar refractivity (Wildman–Crippen MR) is 84.8 cm³/mol. The standard InChI is InChI=1S/C17H28N2O/c1-4-6-7-15-8-10-16(11-9-15)14(3)19-13-17(20)18-12-5-2/h8-11,14,19H,4-7,12-13H2,1-3H3,(H,18,20). The molecule has 20 heavy (non-hydrogen) atoms. The van der Waals surface area contributed by atoms with E-state index in [-0.39, 0.29) is 11.9 Å². The van der Waals surface area contributed by atoms with E-state index in [9.17, 15) is 4.79 Å². The molecule has 112 valence electrons. The average Bonchev–Trinajstić information content (AvgIpc) is 2.49. The molecular weight excluding hydrogens is 248 g/mol. The molecule has 1 amide bonds. The molecule has 0 saturated heterocycles. The lowest BCUT2D eigenvalue weighted by molar-refractivity contribution is -0.120. The molecule has 0 heterocycles. The average molecular weight is 276 g/mol. The second kappa shape index (κ2) is 9.54. The summed E-state index contributed by atoms with van der Waals surface area (Å²) in [5.41, 5.74) is 2.62. The van der Waals surface area contributed by atoms with Crippen molar-refractivity contribution in [3.63, 3.8) is 0 Å². The monoisotopic (exact) mass is 276 g/mol. The summed E-state index contributed by atoms with van der Waals surface area (Å²) in [7, 11) is 0. The molecule has 0 fully saturated rings. The van der Waals surface area contributed by atoms with Crippen molar-refractivity contribution in [3.8, 4) is 0 Å². The van der Waals surface area contributed by atoms with Crippen LogP contribution in [0, 0.1) is 0 Å². The topological polar surface area (TPSA) is 41.1 Å². The first kappa shape index (κ1) is 16.7. The van der Waals surface area contributed by atoms with Gasteiger partial charge in [0.15, 0.2) is 0 Å². The number of carbonyl (C=O) groups is 1. The summed E-state index contributed by atoms with van der Waals surface area (Å²) in [6, 6.07) is 8.91. The lowest BCUT2D eigenvalue weighted by Crippen LogP contribution is -2.35. The van der Waals surface area contributed by atoms with Crippen molar-refractivity contribution in [2.24, 2.45) is 0 Å². The third kappa shape index (κ3) is 6.20. The molecule has 3 nitrogen and oxygen atoms in total. The van der Waals surface area contributed by atoms with Crippen LogP contribution in [0.2, 0.25) is 0 Å². The van der Waals surface area contributed by atoms with Gasteiger partial charge in [-0.3, -0.25) is 4.79 Å². The van der Waals surface area contributed by atoms with Crippen LogP contribution in [0.3, 0.4) is 0 Å². The van der Waals surface area contributed by atoms with Gasteiger partial charge in [-0.25, -0.2) is 0 Å². The highest BCUT2D eigenvalue weighted by Crippen LogP contribution is 2.14. The van der Waals surface area contributed by atoms with Crippen LogP contribution < -0.4 is 10.6 Å². The largest absolute Gasteiger partial charge is 0.355 e. The molecule has 0 spiro atoms. The first-order valence-electron chi connectivity index (χ1n) is 7.76. The van der Waals surface area contributed by atoms with E-state index in [0.717, 1.165) is 19.4 Å². The quantitative estimate of drug-likeness (QED) is 0.727. The smallest absolute Gasteiger partial charge is 0.233 e. The summed E-state index contributed by atoms with van der Waals surface area (Å²) in [6.45, 7) is 7.48. The lowest BCUT2D eigenvalue weighted by Gasteiger charge is -2.14. The third-order valence-electron chi connectivity index (χ3n) is 3.44. The molecule has 0 aliphatic heterocycles. The Morgan fingerprint density at radius 3 is 2.45 bits per heavy atom. The van der Waals surface area contributed by atoms with Gasteiger partial charge in [0.05, 0.1) is 6.54 Å². The number of nitrogens with one attached hydrogen (secondary N) is 2. The fourth-order valence-corrected chi connectivity index (χ4v) is 2.04. The normalized spacial score (nSPS) is 12.2. The molecule has 2 N–H and O–H groups in total. The highest BCUT2D eigenvalue weighted by atomic mass is 16.1. The first-order chi connectivity index (χ1) is 9.67. The maximum atomic E-state index is 11.5. The number of hydrogen-bond acceptors (Lipinski definition) is 2. The number of benzene rings is 1. The summed E-state index contributed by atoms with van der Waals surface area (Å²) < 4.78 is 0. The van der Waals surface area contributed by atoms with Gasteiger partial charge in [-0.2, -0.15) is 0 Å². The molecule has 0 bridgehead atoms. The number of hydrogen-bond donors (Lipinski definition) is 2. The van der Waals surface area contributed by atoms with E-state index in [0.29, 0.717) is 6.54 Å². The van der Waals surface area contributed by atoms with E-state index in [1.165, 1.54) is 24.0 Å². The Morgan fingerprint density at radius 1 is 1.15 bits per heavy atom. The highest BCUT2D eigenvalue weighted by molar-refractivity contribution is 5.77. The van der Waals surface area contributed by atoms with E-state index in [1.54, 1.807) is 0 Å². The van der Waals surface area contributed by atoms with E-state index < -0.39 is 0 Å². The number of unbranched alkanes of at least 4 members (excludes halogenated alkanes) is 1. The summed E-state index contributed by atoms with van der Waals surface area (Å²) in [5.74, 6) is 0.0678. The Bertz CT molecular complexity index is 386. The van der Waals surface area contributed by atoms with Gasteiger partial charge in [0, 0.05) is 12.6 Å². The van der Waals surface area contributed by atoms with Crippen LogP contribution in [-0.4, -0.2) is 19.0 Å². The van der Waals surface area contributed by atoms with Crippen LogP contribution in [0.15, 0.2) is 24.3 Å². The minimum atomic E-state index is 0.0678. The van der Waals surface area contributed by atoms with Crippen molar-refractivity contribution in [1.29, 1.82) is 0 Å². The molecule has 1 atom stereocenters. The Hall–Kier alpha value is -1.35. The maximum Gasteiger partial charge on any atom is 0.233 e. The molecule has 0 aromatic heterocycles. The molecule has 1 rings (SSSR count). The van der Waals surface area contributed by atoms with Crippen LogP contribution in [-0.2, 0) is 11.2 Å².